The molecule has 0 aliphatic carbocycles. The van der Waals surface area contributed by atoms with Crippen molar-refractivity contribution in [3.05, 3.63) is 66.9 Å². The Morgan fingerprint density at radius 3 is 2.21 bits per heavy atom. The normalized spacial score (nSPS) is 10.4. The van der Waals surface area contributed by atoms with Crippen LogP contribution in [-0.2, 0) is 0 Å². The molecule has 2 heterocycles. The fraction of sp³-hybridized carbons (Fsp3) is 0. The Balaban J connectivity index is 2.15. The molecule has 19 heavy (non-hydrogen) atoms. The first kappa shape index (κ1) is 11.5. The minimum Gasteiger partial charge on any atom is -0.265 e. The van der Waals surface area contributed by atoms with Crippen LogP contribution in [0.1, 0.15) is 0 Å². The number of hydrogen-bond acceptors (Lipinski definition) is 3. The van der Waals surface area contributed by atoms with Crippen molar-refractivity contribution in [2.24, 2.45) is 0 Å². The Morgan fingerprint density at radius 1 is 0.737 bits per heavy atom. The fourth-order valence-corrected chi connectivity index (χ4v) is 1.92. The van der Waals surface area contributed by atoms with E-state index in [9.17, 15) is 4.39 Å². The van der Waals surface area contributed by atoms with Crippen molar-refractivity contribution in [3.63, 3.8) is 0 Å². The first-order valence-electron chi connectivity index (χ1n) is 5.82. The molecule has 0 atom stereocenters. The Bertz CT molecular complexity index is 681. The molecule has 92 valence electrons. The van der Waals surface area contributed by atoms with E-state index in [2.05, 4.69) is 15.2 Å². The summed E-state index contributed by atoms with van der Waals surface area (Å²) < 4.78 is 13.0. The van der Waals surface area contributed by atoms with Gasteiger partial charge in [0, 0.05) is 23.5 Å². The largest absolute Gasteiger partial charge is 0.265 e. The molecule has 2 aromatic heterocycles. The summed E-state index contributed by atoms with van der Waals surface area (Å²) in [5.41, 5.74) is 3.52. The molecule has 1 aromatic carbocycles. The molecule has 0 spiro atoms. The summed E-state index contributed by atoms with van der Waals surface area (Å²) in [5, 5.41) is 8.07. The third kappa shape index (κ3) is 2.33. The van der Waals surface area contributed by atoms with E-state index in [0.29, 0.717) is 0 Å². The van der Waals surface area contributed by atoms with Gasteiger partial charge in [0.25, 0.3) is 0 Å². The van der Waals surface area contributed by atoms with Crippen molar-refractivity contribution in [1.29, 1.82) is 0 Å². The first-order valence-corrected chi connectivity index (χ1v) is 5.82. The van der Waals surface area contributed by atoms with Crippen molar-refractivity contribution in [2.75, 3.05) is 0 Å². The maximum Gasteiger partial charge on any atom is 0.123 e. The van der Waals surface area contributed by atoms with Gasteiger partial charge in [-0.15, -0.1) is 5.10 Å². The number of hydrogen-bond donors (Lipinski definition) is 0. The van der Waals surface area contributed by atoms with Gasteiger partial charge < -0.3 is 0 Å². The monoisotopic (exact) mass is 251 g/mol. The number of nitrogens with zero attached hydrogens (tertiary/aromatic N) is 3. The molecule has 0 aliphatic rings. The van der Waals surface area contributed by atoms with Crippen LogP contribution in [0.4, 0.5) is 4.39 Å². The van der Waals surface area contributed by atoms with Gasteiger partial charge in [0.1, 0.15) is 11.5 Å². The van der Waals surface area contributed by atoms with Gasteiger partial charge in [-0.05, 0) is 48.0 Å². The lowest BCUT2D eigenvalue weighted by atomic mass is 10.0. The summed E-state index contributed by atoms with van der Waals surface area (Å²) in [6.07, 6.45) is 5.09. The van der Waals surface area contributed by atoms with E-state index in [4.69, 9.17) is 0 Å². The molecule has 0 bridgehead atoms. The number of pyridine rings is 1. The van der Waals surface area contributed by atoms with Crippen LogP contribution in [0.5, 0.6) is 0 Å². The van der Waals surface area contributed by atoms with Gasteiger partial charge in [-0.3, -0.25) is 4.98 Å². The summed E-state index contributed by atoms with van der Waals surface area (Å²) in [6, 6.07) is 11.9. The Labute approximate surface area is 109 Å². The van der Waals surface area contributed by atoms with Gasteiger partial charge in [0.05, 0.1) is 6.20 Å². The summed E-state index contributed by atoms with van der Waals surface area (Å²) in [4.78, 5) is 4.00. The van der Waals surface area contributed by atoms with Crippen LogP contribution in [0.2, 0.25) is 0 Å². The zero-order chi connectivity index (χ0) is 13.1. The SMILES string of the molecule is Fc1ccc(-c2nnccc2-c2ccncc2)cc1. The maximum absolute atomic E-state index is 13.0. The zero-order valence-corrected chi connectivity index (χ0v) is 9.99. The molecule has 3 rings (SSSR count). The molecule has 0 amide bonds. The molecule has 3 aromatic rings. The van der Waals surface area contributed by atoms with Crippen LogP contribution in [0.15, 0.2) is 61.1 Å². The lowest BCUT2D eigenvalue weighted by molar-refractivity contribution is 0.628. The molecular formula is C15H10FN3. The smallest absolute Gasteiger partial charge is 0.123 e. The predicted octanol–water partition coefficient (Wildman–Crippen LogP) is 3.34. The molecule has 3 nitrogen and oxygen atoms in total. The topological polar surface area (TPSA) is 38.7 Å². The van der Waals surface area contributed by atoms with Crippen LogP contribution in [-0.4, -0.2) is 15.2 Å². The van der Waals surface area contributed by atoms with E-state index in [1.54, 1.807) is 30.7 Å². The van der Waals surface area contributed by atoms with Crippen LogP contribution < -0.4 is 0 Å². The molecule has 0 fully saturated rings. The van der Waals surface area contributed by atoms with Crippen molar-refractivity contribution < 1.29 is 4.39 Å². The van der Waals surface area contributed by atoms with Gasteiger partial charge in [-0.25, -0.2) is 4.39 Å². The molecule has 0 unspecified atom stereocenters. The summed E-state index contributed by atoms with van der Waals surface area (Å²) in [5.74, 6) is -0.266. The van der Waals surface area contributed by atoms with Crippen LogP contribution >= 0.6 is 0 Å². The highest BCUT2D eigenvalue weighted by atomic mass is 19.1. The Hall–Kier alpha value is -2.62. The second-order valence-electron chi connectivity index (χ2n) is 4.04. The van der Waals surface area contributed by atoms with Gasteiger partial charge in [0.2, 0.25) is 0 Å². The Kier molecular flexibility index (Phi) is 2.98. The second kappa shape index (κ2) is 4.94. The average Bonchev–Trinajstić information content (AvgIpc) is 2.49. The lowest BCUT2D eigenvalue weighted by Crippen LogP contribution is -1.92. The molecule has 0 saturated carbocycles. The first-order chi connectivity index (χ1) is 9.34. The number of aromatic nitrogens is 3. The highest BCUT2D eigenvalue weighted by Gasteiger charge is 2.09. The van der Waals surface area contributed by atoms with Crippen molar-refractivity contribution in [1.82, 2.24) is 15.2 Å². The van der Waals surface area contributed by atoms with Gasteiger partial charge in [-0.2, -0.15) is 5.10 Å². The second-order valence-corrected chi connectivity index (χ2v) is 4.04. The number of rotatable bonds is 2. The van der Waals surface area contributed by atoms with Crippen molar-refractivity contribution >= 4 is 0 Å². The van der Waals surface area contributed by atoms with E-state index in [1.165, 1.54) is 12.1 Å². The minimum absolute atomic E-state index is 0.266. The molecule has 0 N–H and O–H groups in total. The molecule has 0 aliphatic heterocycles. The van der Waals surface area contributed by atoms with Crippen molar-refractivity contribution in [3.8, 4) is 22.4 Å². The van der Waals surface area contributed by atoms with E-state index in [0.717, 1.165) is 22.4 Å². The third-order valence-corrected chi connectivity index (χ3v) is 2.83. The summed E-state index contributed by atoms with van der Waals surface area (Å²) in [7, 11) is 0. The summed E-state index contributed by atoms with van der Waals surface area (Å²) >= 11 is 0. The van der Waals surface area contributed by atoms with E-state index in [1.807, 2.05) is 18.2 Å². The van der Waals surface area contributed by atoms with Crippen LogP contribution in [0, 0.1) is 5.82 Å². The quantitative estimate of drug-likeness (QED) is 0.701. The lowest BCUT2D eigenvalue weighted by Gasteiger charge is -2.07. The van der Waals surface area contributed by atoms with E-state index < -0.39 is 0 Å². The third-order valence-electron chi connectivity index (χ3n) is 2.83. The van der Waals surface area contributed by atoms with Gasteiger partial charge in [0.15, 0.2) is 0 Å². The van der Waals surface area contributed by atoms with Gasteiger partial charge >= 0.3 is 0 Å². The number of halogens is 1. The zero-order valence-electron chi connectivity index (χ0n) is 9.99. The molecule has 0 saturated heterocycles. The average molecular weight is 251 g/mol. The molecule has 4 heteroatoms. The van der Waals surface area contributed by atoms with E-state index >= 15 is 0 Å². The van der Waals surface area contributed by atoms with Crippen molar-refractivity contribution in [2.45, 2.75) is 0 Å². The predicted molar refractivity (Wildman–Crippen MR) is 70.7 cm³/mol. The fourth-order valence-electron chi connectivity index (χ4n) is 1.92. The van der Waals surface area contributed by atoms with Gasteiger partial charge in [-0.1, -0.05) is 0 Å². The molecule has 0 radical (unpaired) electrons. The number of benzene rings is 1. The van der Waals surface area contributed by atoms with E-state index in [-0.39, 0.29) is 5.82 Å². The highest BCUT2D eigenvalue weighted by molar-refractivity contribution is 5.79. The minimum atomic E-state index is -0.266. The van der Waals surface area contributed by atoms with Crippen LogP contribution in [0.25, 0.3) is 22.4 Å². The standard InChI is InChI=1S/C15H10FN3/c16-13-3-1-12(2-4-13)15-14(7-10-18-19-15)11-5-8-17-9-6-11/h1-10H. The highest BCUT2D eigenvalue weighted by Crippen LogP contribution is 2.29. The summed E-state index contributed by atoms with van der Waals surface area (Å²) in [6.45, 7) is 0. The molecular weight excluding hydrogens is 241 g/mol. The van der Waals surface area contributed by atoms with Crippen LogP contribution in [0.3, 0.4) is 0 Å². The maximum atomic E-state index is 13.0. The Morgan fingerprint density at radius 2 is 1.47 bits per heavy atom.